The minimum atomic E-state index is -4.29. The summed E-state index contributed by atoms with van der Waals surface area (Å²) in [6, 6.07) is 5.11. The Labute approximate surface area is 189 Å². The smallest absolute Gasteiger partial charge is 0.282 e. The molecule has 0 spiro atoms. The van der Waals surface area contributed by atoms with Crippen molar-refractivity contribution in [3.05, 3.63) is 52.8 Å². The quantitative estimate of drug-likeness (QED) is 0.298. The summed E-state index contributed by atoms with van der Waals surface area (Å²) in [5.41, 5.74) is 0. The molecule has 0 saturated heterocycles. The van der Waals surface area contributed by atoms with Crippen LogP contribution in [0.15, 0.2) is 47.5 Å². The maximum absolute atomic E-state index is 10.9. The van der Waals surface area contributed by atoms with Gasteiger partial charge in [-0.1, -0.05) is 50.7 Å². The van der Waals surface area contributed by atoms with Crippen LogP contribution in [0.25, 0.3) is 0 Å². The number of benzene rings is 2. The van der Waals surface area contributed by atoms with Crippen LogP contribution < -0.4 is 0 Å². The minimum Gasteiger partial charge on any atom is -0.282 e. The van der Waals surface area contributed by atoms with E-state index in [2.05, 4.69) is 47.8 Å². The van der Waals surface area contributed by atoms with Crippen LogP contribution in [0.1, 0.15) is 0 Å². The van der Waals surface area contributed by atoms with Gasteiger partial charge >= 0.3 is 0 Å². The summed E-state index contributed by atoms with van der Waals surface area (Å²) in [5.74, 6) is 0. The average molecular weight is 656 g/mol. The lowest BCUT2D eigenvalue weighted by Crippen LogP contribution is -2.00. The molecule has 0 aromatic heterocycles. The van der Waals surface area contributed by atoms with Gasteiger partial charge in [-0.25, -0.2) is 0 Å². The summed E-state index contributed by atoms with van der Waals surface area (Å²) in [4.78, 5) is -0.553. The fourth-order valence-corrected chi connectivity index (χ4v) is 6.81. The van der Waals surface area contributed by atoms with Gasteiger partial charge in [0.25, 0.3) is 20.2 Å². The highest BCUT2D eigenvalue weighted by molar-refractivity contribution is 9.11. The first-order valence-corrected chi connectivity index (χ1v) is 12.3. The molecule has 0 aliphatic carbocycles. The topological polar surface area (TPSA) is 109 Å². The maximum atomic E-state index is 10.9. The molecule has 0 unspecified atom stereocenters. The largest absolute Gasteiger partial charge is 0.296 e. The Balaban J connectivity index is 0.000000260. The van der Waals surface area contributed by atoms with Gasteiger partial charge in [-0.3, -0.25) is 9.11 Å². The van der Waals surface area contributed by atoms with Crippen molar-refractivity contribution in [3.63, 3.8) is 0 Å². The molecule has 2 aromatic carbocycles. The molecule has 6 nitrogen and oxygen atoms in total. The Bertz CT molecular complexity index is 1010. The molecule has 26 heavy (non-hydrogen) atoms. The highest BCUT2D eigenvalue weighted by atomic mass is 79.9. The SMILES string of the molecule is O=S(=O)(O)c1c(Br)cc(Br)cc1Br.O=S(=O)(O)c1cc(Cl)c(Cl)c(Cl)c1. The van der Waals surface area contributed by atoms with Crippen molar-refractivity contribution >= 4 is 103 Å². The minimum absolute atomic E-state index is 0.0261. The van der Waals surface area contributed by atoms with Crippen LogP contribution in [0.2, 0.25) is 15.1 Å². The van der Waals surface area contributed by atoms with E-state index in [-0.39, 0.29) is 24.9 Å². The van der Waals surface area contributed by atoms with Gasteiger partial charge in [-0.2, -0.15) is 16.8 Å². The predicted octanol–water partition coefficient (Wildman–Crippen LogP) is 6.11. The van der Waals surface area contributed by atoms with E-state index in [4.69, 9.17) is 43.9 Å². The van der Waals surface area contributed by atoms with Gasteiger partial charge in [0.2, 0.25) is 0 Å². The summed E-state index contributed by atoms with van der Waals surface area (Å²) in [6.07, 6.45) is 0. The molecule has 0 atom stereocenters. The average Bonchev–Trinajstić information content (AvgIpc) is 2.41. The first-order chi connectivity index (χ1) is 11.6. The molecule has 0 fully saturated rings. The molecule has 0 saturated carbocycles. The normalized spacial score (nSPS) is 11.7. The lowest BCUT2D eigenvalue weighted by molar-refractivity contribution is 0.480. The van der Waals surface area contributed by atoms with Gasteiger partial charge in [-0.15, -0.1) is 0 Å². The summed E-state index contributed by atoms with van der Waals surface area (Å²) in [5, 5.41) is -0.000633. The second-order valence-corrected chi connectivity index (χ2v) is 10.9. The molecular weight excluding hydrogens is 650 g/mol. The maximum Gasteiger partial charge on any atom is 0.296 e. The molecule has 14 heteroatoms. The molecule has 2 N–H and O–H groups in total. The Hall–Kier alpha value is 0.570. The number of rotatable bonds is 2. The van der Waals surface area contributed by atoms with Gasteiger partial charge in [0.05, 0.1) is 20.0 Å². The summed E-state index contributed by atoms with van der Waals surface area (Å²) in [6.45, 7) is 0. The molecule has 0 radical (unpaired) electrons. The lowest BCUT2D eigenvalue weighted by atomic mass is 10.4. The van der Waals surface area contributed by atoms with E-state index in [1.54, 1.807) is 0 Å². The van der Waals surface area contributed by atoms with Crippen molar-refractivity contribution in [1.29, 1.82) is 0 Å². The zero-order valence-corrected chi connectivity index (χ0v) is 20.6. The van der Waals surface area contributed by atoms with E-state index in [9.17, 15) is 16.8 Å². The second kappa shape index (κ2) is 9.38. The van der Waals surface area contributed by atoms with Gasteiger partial charge in [0, 0.05) is 13.4 Å². The van der Waals surface area contributed by atoms with Crippen molar-refractivity contribution in [3.8, 4) is 0 Å². The summed E-state index contributed by atoms with van der Waals surface area (Å²) >= 11 is 25.9. The molecule has 2 aromatic rings. The Morgan fingerprint density at radius 1 is 0.731 bits per heavy atom. The van der Waals surface area contributed by atoms with Crippen LogP contribution in [0.5, 0.6) is 0 Å². The van der Waals surface area contributed by atoms with Crippen molar-refractivity contribution in [2.45, 2.75) is 9.79 Å². The molecule has 2 rings (SSSR count). The fraction of sp³-hybridized carbons (Fsp3) is 0. The molecule has 0 aliphatic heterocycles. The third-order valence-electron chi connectivity index (χ3n) is 2.48. The standard InChI is InChI=1S/C6H3Br3O3S.C6H3Cl3O3S/c7-3-1-4(8)6(5(9)2-3)13(10,11)12;7-4-1-3(13(10,11)12)2-5(8)6(4)9/h2*1-2H,(H,10,11,12). The van der Waals surface area contributed by atoms with Crippen LogP contribution in [0, 0.1) is 0 Å². The molecule has 0 bridgehead atoms. The third-order valence-corrected chi connectivity index (χ3v) is 7.69. The lowest BCUT2D eigenvalue weighted by Gasteiger charge is -2.04. The van der Waals surface area contributed by atoms with E-state index in [0.717, 1.165) is 12.1 Å². The zero-order chi connectivity index (χ0) is 20.4. The summed E-state index contributed by atoms with van der Waals surface area (Å²) < 4.78 is 61.8. The Morgan fingerprint density at radius 2 is 1.12 bits per heavy atom. The summed E-state index contributed by atoms with van der Waals surface area (Å²) in [7, 11) is -8.49. The van der Waals surface area contributed by atoms with Crippen molar-refractivity contribution in [1.82, 2.24) is 0 Å². The monoisotopic (exact) mass is 652 g/mol. The molecule has 144 valence electrons. The van der Waals surface area contributed by atoms with Crippen molar-refractivity contribution in [2.75, 3.05) is 0 Å². The van der Waals surface area contributed by atoms with E-state index >= 15 is 0 Å². The fourth-order valence-electron chi connectivity index (χ4n) is 1.46. The van der Waals surface area contributed by atoms with Gasteiger partial charge < -0.3 is 0 Å². The molecule has 0 heterocycles. The van der Waals surface area contributed by atoms with Crippen LogP contribution >= 0.6 is 82.6 Å². The van der Waals surface area contributed by atoms with Crippen molar-refractivity contribution in [2.24, 2.45) is 0 Å². The predicted molar refractivity (Wildman–Crippen MR) is 111 cm³/mol. The van der Waals surface area contributed by atoms with E-state index in [1.807, 2.05) is 0 Å². The first kappa shape index (κ1) is 24.6. The molecule has 0 aliphatic rings. The highest BCUT2D eigenvalue weighted by Gasteiger charge is 2.18. The number of hydrogen-bond acceptors (Lipinski definition) is 4. The Morgan fingerprint density at radius 3 is 1.42 bits per heavy atom. The zero-order valence-electron chi connectivity index (χ0n) is 11.9. The first-order valence-electron chi connectivity index (χ1n) is 5.88. The van der Waals surface area contributed by atoms with Gasteiger partial charge in [0.1, 0.15) is 4.90 Å². The molecular formula is C12H6Br3Cl3O6S2. The van der Waals surface area contributed by atoms with Crippen molar-refractivity contribution < 1.29 is 25.9 Å². The third kappa shape index (κ3) is 6.87. The number of hydrogen-bond donors (Lipinski definition) is 2. The Kier molecular flexibility index (Phi) is 8.88. The van der Waals surface area contributed by atoms with E-state index in [0.29, 0.717) is 13.4 Å². The van der Waals surface area contributed by atoms with Gasteiger partial charge in [0.15, 0.2) is 0 Å². The number of halogens is 6. The second-order valence-electron chi connectivity index (χ2n) is 4.35. The van der Waals surface area contributed by atoms with Gasteiger partial charge in [-0.05, 0) is 56.1 Å². The van der Waals surface area contributed by atoms with E-state index < -0.39 is 20.2 Å². The molecule has 0 amide bonds. The highest BCUT2D eigenvalue weighted by Crippen LogP contribution is 2.33. The van der Waals surface area contributed by atoms with Crippen LogP contribution in [-0.4, -0.2) is 25.9 Å². The van der Waals surface area contributed by atoms with E-state index in [1.165, 1.54) is 12.1 Å². The van der Waals surface area contributed by atoms with Crippen LogP contribution in [-0.2, 0) is 20.2 Å². The van der Waals surface area contributed by atoms with Crippen LogP contribution in [0.3, 0.4) is 0 Å². The van der Waals surface area contributed by atoms with Crippen LogP contribution in [0.4, 0.5) is 0 Å².